The van der Waals surface area contributed by atoms with E-state index in [0.717, 1.165) is 18.9 Å². The van der Waals surface area contributed by atoms with Gasteiger partial charge in [0.25, 0.3) is 0 Å². The number of hydrogen-bond donors (Lipinski definition) is 0. The molecule has 0 bridgehead atoms. The van der Waals surface area contributed by atoms with Gasteiger partial charge in [0.2, 0.25) is 0 Å². The number of aromatic nitrogens is 3. The van der Waals surface area contributed by atoms with Gasteiger partial charge >= 0.3 is 5.97 Å². The summed E-state index contributed by atoms with van der Waals surface area (Å²) in [7, 11) is 0. The fourth-order valence-electron chi connectivity index (χ4n) is 1.81. The molecule has 0 radical (unpaired) electrons. The second-order valence-corrected chi connectivity index (χ2v) is 5.24. The standard InChI is InChI=1S/C11H18N4O2/c1-11(2,3)17-10(16)7-14-4-5-15-8-12-13-9(15)6-14/h8H,4-7H2,1-3H3. The SMILES string of the molecule is CC(C)(C)OC(=O)CN1CCn2cnnc2C1. The number of esters is 1. The molecule has 1 aliphatic rings. The summed E-state index contributed by atoms with van der Waals surface area (Å²) in [5.41, 5.74) is -0.424. The molecule has 2 rings (SSSR count). The van der Waals surface area contributed by atoms with E-state index in [9.17, 15) is 4.79 Å². The van der Waals surface area contributed by atoms with Crippen LogP contribution in [-0.2, 0) is 22.6 Å². The normalized spacial score (nSPS) is 16.6. The molecule has 0 saturated heterocycles. The van der Waals surface area contributed by atoms with Gasteiger partial charge in [0, 0.05) is 13.1 Å². The summed E-state index contributed by atoms with van der Waals surface area (Å²) in [4.78, 5) is 13.7. The van der Waals surface area contributed by atoms with Crippen molar-refractivity contribution >= 4 is 5.97 Å². The van der Waals surface area contributed by atoms with Gasteiger partial charge in [-0.3, -0.25) is 9.69 Å². The maximum absolute atomic E-state index is 11.7. The summed E-state index contributed by atoms with van der Waals surface area (Å²) in [5, 5.41) is 7.85. The van der Waals surface area contributed by atoms with Gasteiger partial charge in [0.05, 0.1) is 13.1 Å². The predicted octanol–water partition coefficient (Wildman–Crippen LogP) is 0.435. The van der Waals surface area contributed by atoms with Crippen molar-refractivity contribution in [3.63, 3.8) is 0 Å². The third-order valence-corrected chi connectivity index (χ3v) is 2.49. The molecule has 2 heterocycles. The Hall–Kier alpha value is -1.43. The first-order valence-electron chi connectivity index (χ1n) is 5.75. The van der Waals surface area contributed by atoms with Crippen molar-refractivity contribution in [2.24, 2.45) is 0 Å². The summed E-state index contributed by atoms with van der Waals surface area (Å²) in [6.45, 7) is 8.23. The lowest BCUT2D eigenvalue weighted by molar-refractivity contribution is -0.156. The zero-order valence-electron chi connectivity index (χ0n) is 10.5. The molecule has 1 aromatic heterocycles. The highest BCUT2D eigenvalue weighted by atomic mass is 16.6. The summed E-state index contributed by atoms with van der Waals surface area (Å²) in [6.07, 6.45) is 1.72. The molecule has 6 heteroatoms. The van der Waals surface area contributed by atoms with Crippen molar-refractivity contribution in [3.8, 4) is 0 Å². The highest BCUT2D eigenvalue weighted by molar-refractivity contribution is 5.72. The second-order valence-electron chi connectivity index (χ2n) is 5.24. The van der Waals surface area contributed by atoms with E-state index in [-0.39, 0.29) is 5.97 Å². The van der Waals surface area contributed by atoms with E-state index in [0.29, 0.717) is 13.1 Å². The molecular formula is C11H18N4O2. The van der Waals surface area contributed by atoms with Crippen LogP contribution in [0.3, 0.4) is 0 Å². The van der Waals surface area contributed by atoms with E-state index < -0.39 is 5.60 Å². The molecule has 0 amide bonds. The van der Waals surface area contributed by atoms with E-state index in [1.54, 1.807) is 6.33 Å². The summed E-state index contributed by atoms with van der Waals surface area (Å²) in [6, 6.07) is 0. The maximum atomic E-state index is 11.7. The first kappa shape index (κ1) is 12.0. The minimum Gasteiger partial charge on any atom is -0.459 e. The Labute approximate surface area is 101 Å². The van der Waals surface area contributed by atoms with Crippen LogP contribution in [0.2, 0.25) is 0 Å². The van der Waals surface area contributed by atoms with Crippen LogP contribution in [0.15, 0.2) is 6.33 Å². The minimum absolute atomic E-state index is 0.189. The van der Waals surface area contributed by atoms with Crippen molar-refractivity contribution < 1.29 is 9.53 Å². The topological polar surface area (TPSA) is 60.2 Å². The van der Waals surface area contributed by atoms with E-state index in [2.05, 4.69) is 10.2 Å². The van der Waals surface area contributed by atoms with E-state index >= 15 is 0 Å². The number of nitrogens with zero attached hydrogens (tertiary/aromatic N) is 4. The average molecular weight is 238 g/mol. The molecule has 94 valence electrons. The molecule has 0 N–H and O–H groups in total. The van der Waals surface area contributed by atoms with Crippen molar-refractivity contribution in [3.05, 3.63) is 12.2 Å². The lowest BCUT2D eigenvalue weighted by atomic mass is 10.2. The van der Waals surface area contributed by atoms with Crippen LogP contribution in [0.1, 0.15) is 26.6 Å². The monoisotopic (exact) mass is 238 g/mol. The summed E-state index contributed by atoms with van der Waals surface area (Å²) in [5.74, 6) is 0.713. The lowest BCUT2D eigenvalue weighted by Crippen LogP contribution is -2.39. The van der Waals surface area contributed by atoms with Crippen LogP contribution in [0.25, 0.3) is 0 Å². The molecular weight excluding hydrogens is 220 g/mol. The van der Waals surface area contributed by atoms with Crippen LogP contribution < -0.4 is 0 Å². The Morgan fingerprint density at radius 3 is 2.94 bits per heavy atom. The zero-order valence-corrected chi connectivity index (χ0v) is 10.5. The predicted molar refractivity (Wildman–Crippen MR) is 61.1 cm³/mol. The smallest absolute Gasteiger partial charge is 0.320 e. The Morgan fingerprint density at radius 2 is 2.24 bits per heavy atom. The average Bonchev–Trinajstić information content (AvgIpc) is 2.61. The van der Waals surface area contributed by atoms with E-state index in [1.165, 1.54) is 0 Å². The van der Waals surface area contributed by atoms with Crippen molar-refractivity contribution in [2.45, 2.75) is 39.5 Å². The maximum Gasteiger partial charge on any atom is 0.320 e. The lowest BCUT2D eigenvalue weighted by Gasteiger charge is -2.27. The van der Waals surface area contributed by atoms with Gasteiger partial charge in [-0.2, -0.15) is 0 Å². The minimum atomic E-state index is -0.424. The molecule has 6 nitrogen and oxygen atoms in total. The van der Waals surface area contributed by atoms with Crippen molar-refractivity contribution in [1.29, 1.82) is 0 Å². The third-order valence-electron chi connectivity index (χ3n) is 2.49. The Bertz CT molecular complexity index is 408. The number of carbonyl (C=O) groups is 1. The first-order chi connectivity index (χ1) is 7.94. The Morgan fingerprint density at radius 1 is 1.47 bits per heavy atom. The first-order valence-corrected chi connectivity index (χ1v) is 5.75. The Balaban J connectivity index is 1.88. The number of carbonyl (C=O) groups excluding carboxylic acids is 1. The van der Waals surface area contributed by atoms with Gasteiger partial charge in [-0.05, 0) is 20.8 Å². The third kappa shape index (κ3) is 3.26. The fraction of sp³-hybridized carbons (Fsp3) is 0.727. The van der Waals surface area contributed by atoms with Crippen LogP contribution >= 0.6 is 0 Å². The summed E-state index contributed by atoms with van der Waals surface area (Å²) < 4.78 is 7.29. The molecule has 0 saturated carbocycles. The molecule has 0 unspecified atom stereocenters. The number of ether oxygens (including phenoxy) is 1. The molecule has 1 aromatic rings. The highest BCUT2D eigenvalue weighted by Crippen LogP contribution is 2.11. The van der Waals surface area contributed by atoms with Gasteiger partial charge in [-0.15, -0.1) is 10.2 Å². The van der Waals surface area contributed by atoms with Crippen LogP contribution in [0.4, 0.5) is 0 Å². The van der Waals surface area contributed by atoms with Gasteiger partial charge in [0.1, 0.15) is 17.8 Å². The van der Waals surface area contributed by atoms with Crippen LogP contribution in [0.5, 0.6) is 0 Å². The van der Waals surface area contributed by atoms with Crippen molar-refractivity contribution in [1.82, 2.24) is 19.7 Å². The highest BCUT2D eigenvalue weighted by Gasteiger charge is 2.22. The largest absolute Gasteiger partial charge is 0.459 e. The van der Waals surface area contributed by atoms with Crippen LogP contribution in [-0.4, -0.2) is 44.3 Å². The summed E-state index contributed by atoms with van der Waals surface area (Å²) >= 11 is 0. The van der Waals surface area contributed by atoms with Gasteiger partial charge < -0.3 is 9.30 Å². The number of fused-ring (bicyclic) bond motifs is 1. The zero-order chi connectivity index (χ0) is 12.5. The second kappa shape index (κ2) is 4.44. The molecule has 0 aliphatic carbocycles. The molecule has 17 heavy (non-hydrogen) atoms. The fourth-order valence-corrected chi connectivity index (χ4v) is 1.81. The van der Waals surface area contributed by atoms with Crippen LogP contribution in [0, 0.1) is 0 Å². The molecule has 0 atom stereocenters. The molecule has 0 spiro atoms. The van der Waals surface area contributed by atoms with E-state index in [4.69, 9.17) is 4.74 Å². The van der Waals surface area contributed by atoms with Gasteiger partial charge in [-0.25, -0.2) is 0 Å². The molecule has 0 aromatic carbocycles. The van der Waals surface area contributed by atoms with Gasteiger partial charge in [-0.1, -0.05) is 0 Å². The Kier molecular flexibility index (Phi) is 3.15. The van der Waals surface area contributed by atoms with Gasteiger partial charge in [0.15, 0.2) is 0 Å². The number of hydrogen-bond acceptors (Lipinski definition) is 5. The molecule has 1 aliphatic heterocycles. The van der Waals surface area contributed by atoms with E-state index in [1.807, 2.05) is 30.2 Å². The van der Waals surface area contributed by atoms with Crippen molar-refractivity contribution in [2.75, 3.05) is 13.1 Å². The quantitative estimate of drug-likeness (QED) is 0.699. The molecule has 0 fully saturated rings. The number of rotatable bonds is 2.